The lowest BCUT2D eigenvalue weighted by Crippen LogP contribution is -2.48. The van der Waals surface area contributed by atoms with E-state index in [4.69, 9.17) is 9.26 Å². The Morgan fingerprint density at radius 3 is 2.68 bits per heavy atom. The number of morpholine rings is 1. The summed E-state index contributed by atoms with van der Waals surface area (Å²) in [5, 5.41) is 18.0. The van der Waals surface area contributed by atoms with Crippen LogP contribution in [0, 0.1) is 0 Å². The van der Waals surface area contributed by atoms with Crippen LogP contribution < -0.4 is 5.32 Å². The van der Waals surface area contributed by atoms with E-state index >= 15 is 0 Å². The number of rotatable bonds is 6. The smallest absolute Gasteiger partial charge is 0.273 e. The second-order valence-electron chi connectivity index (χ2n) is 8.72. The number of amides is 1. The molecule has 2 fully saturated rings. The van der Waals surface area contributed by atoms with Crippen LogP contribution in [0.15, 0.2) is 40.9 Å². The molecule has 1 aromatic carbocycles. The molecule has 0 unspecified atom stereocenters. The highest BCUT2D eigenvalue weighted by Gasteiger charge is 2.40. The van der Waals surface area contributed by atoms with Crippen molar-refractivity contribution in [2.45, 2.75) is 56.6 Å². The number of aliphatic hydroxyl groups excluding tert-OH is 1. The topological polar surface area (TPSA) is 87.8 Å². The number of nitrogens with one attached hydrogen (secondary N) is 1. The van der Waals surface area contributed by atoms with Crippen LogP contribution >= 0.6 is 0 Å². The Morgan fingerprint density at radius 2 is 1.97 bits per heavy atom. The molecule has 1 aromatic heterocycles. The van der Waals surface area contributed by atoms with Crippen molar-refractivity contribution in [2.24, 2.45) is 0 Å². The van der Waals surface area contributed by atoms with Gasteiger partial charge in [-0.05, 0) is 31.2 Å². The Balaban J connectivity index is 1.52. The number of benzene rings is 1. The summed E-state index contributed by atoms with van der Waals surface area (Å²) in [6, 6.07) is 12.2. The van der Waals surface area contributed by atoms with Crippen molar-refractivity contribution in [3.8, 4) is 0 Å². The maximum atomic E-state index is 12.7. The average Bonchev–Trinajstić information content (AvgIpc) is 3.24. The number of nitrogens with zero attached hydrogens (tertiary/aromatic N) is 2. The van der Waals surface area contributed by atoms with Crippen LogP contribution in [0.2, 0.25) is 0 Å². The quantitative estimate of drug-likeness (QED) is 0.689. The summed E-state index contributed by atoms with van der Waals surface area (Å²) < 4.78 is 10.7. The molecule has 1 amide bonds. The fourth-order valence-electron chi connectivity index (χ4n) is 4.98. The summed E-state index contributed by atoms with van der Waals surface area (Å²) in [4.78, 5) is 15.1. The lowest BCUT2D eigenvalue weighted by molar-refractivity contribution is -0.0236. The van der Waals surface area contributed by atoms with Crippen LogP contribution in [0.4, 0.5) is 0 Å². The van der Waals surface area contributed by atoms with Crippen molar-refractivity contribution in [1.82, 2.24) is 15.4 Å². The molecule has 2 N–H and O–H groups in total. The predicted octanol–water partition coefficient (Wildman–Crippen LogP) is 2.54. The van der Waals surface area contributed by atoms with Crippen molar-refractivity contribution >= 4 is 5.91 Å². The molecule has 168 valence electrons. The first-order valence-electron chi connectivity index (χ1n) is 11.4. The third-order valence-corrected chi connectivity index (χ3v) is 6.91. The number of ether oxygens (including phenoxy) is 1. The van der Waals surface area contributed by atoms with Gasteiger partial charge in [0.25, 0.3) is 5.91 Å². The average molecular weight is 428 g/mol. The highest BCUT2D eigenvalue weighted by molar-refractivity contribution is 5.92. The van der Waals surface area contributed by atoms with Crippen LogP contribution in [0.3, 0.4) is 0 Å². The maximum absolute atomic E-state index is 12.7. The monoisotopic (exact) mass is 427 g/mol. The van der Waals surface area contributed by atoms with Gasteiger partial charge in [-0.3, -0.25) is 9.69 Å². The third kappa shape index (κ3) is 5.00. The highest BCUT2D eigenvalue weighted by atomic mass is 16.5. The molecule has 7 heteroatoms. The Hall–Kier alpha value is -2.22. The summed E-state index contributed by atoms with van der Waals surface area (Å²) in [6.07, 6.45) is 3.64. The number of aliphatic hydroxyl groups is 1. The zero-order chi connectivity index (χ0) is 21.7. The molecule has 3 atom stereocenters. The first-order chi connectivity index (χ1) is 15.1. The molecular weight excluding hydrogens is 394 g/mol. The molecule has 2 heterocycles. The number of aryl methyl sites for hydroxylation is 1. The first kappa shape index (κ1) is 22.0. The molecule has 2 aliphatic rings. The largest absolute Gasteiger partial charge is 0.391 e. The van der Waals surface area contributed by atoms with Gasteiger partial charge in [0.1, 0.15) is 5.76 Å². The van der Waals surface area contributed by atoms with Gasteiger partial charge in [-0.25, -0.2) is 0 Å². The van der Waals surface area contributed by atoms with Gasteiger partial charge < -0.3 is 19.7 Å². The van der Waals surface area contributed by atoms with Gasteiger partial charge in [-0.15, -0.1) is 0 Å². The zero-order valence-electron chi connectivity index (χ0n) is 18.3. The molecule has 7 nitrogen and oxygen atoms in total. The summed E-state index contributed by atoms with van der Waals surface area (Å²) in [5.74, 6) is 0.488. The number of hydrogen-bond donors (Lipinski definition) is 2. The van der Waals surface area contributed by atoms with Gasteiger partial charge in [0, 0.05) is 43.6 Å². The van der Waals surface area contributed by atoms with Gasteiger partial charge in [-0.1, -0.05) is 42.4 Å². The van der Waals surface area contributed by atoms with Gasteiger partial charge in [0.05, 0.1) is 19.3 Å². The molecule has 0 radical (unpaired) electrons. The molecule has 1 aliphatic heterocycles. The maximum Gasteiger partial charge on any atom is 0.273 e. The SMILES string of the molecule is CCc1cc(C(=O)NC[C@]2(c3ccccc3)CC[C@@H](O)[C@H](N3CCOCC3)CC2)no1. The van der Waals surface area contributed by atoms with Gasteiger partial charge >= 0.3 is 0 Å². The van der Waals surface area contributed by atoms with Crippen LogP contribution in [-0.4, -0.2) is 66.1 Å². The van der Waals surface area contributed by atoms with Gasteiger partial charge in [0.15, 0.2) is 5.69 Å². The molecule has 0 bridgehead atoms. The van der Waals surface area contributed by atoms with Crippen LogP contribution in [0.5, 0.6) is 0 Å². The van der Waals surface area contributed by atoms with Crippen LogP contribution in [0.1, 0.15) is 54.4 Å². The number of aromatic nitrogens is 1. The molecule has 1 saturated heterocycles. The van der Waals surface area contributed by atoms with E-state index in [0.717, 1.165) is 45.6 Å². The molecule has 1 aliphatic carbocycles. The minimum absolute atomic E-state index is 0.132. The van der Waals surface area contributed by atoms with E-state index in [1.807, 2.05) is 25.1 Å². The summed E-state index contributed by atoms with van der Waals surface area (Å²) >= 11 is 0. The fourth-order valence-corrected chi connectivity index (χ4v) is 4.98. The summed E-state index contributed by atoms with van der Waals surface area (Å²) in [7, 11) is 0. The molecule has 0 spiro atoms. The lowest BCUT2D eigenvalue weighted by atomic mass is 9.74. The molecule has 1 saturated carbocycles. The predicted molar refractivity (Wildman–Crippen MR) is 117 cm³/mol. The van der Waals surface area contributed by atoms with Crippen LogP contribution in [0.25, 0.3) is 0 Å². The minimum atomic E-state index is -0.373. The van der Waals surface area contributed by atoms with Crippen molar-refractivity contribution in [1.29, 1.82) is 0 Å². The second kappa shape index (κ2) is 9.94. The van der Waals surface area contributed by atoms with Gasteiger partial charge in [0.2, 0.25) is 0 Å². The number of carbonyl (C=O) groups is 1. The Morgan fingerprint density at radius 1 is 1.23 bits per heavy atom. The number of hydrogen-bond acceptors (Lipinski definition) is 6. The van der Waals surface area contributed by atoms with Crippen molar-refractivity contribution in [2.75, 3.05) is 32.8 Å². The Kier molecular flexibility index (Phi) is 7.05. The molecule has 2 aromatic rings. The van der Waals surface area contributed by atoms with Crippen LogP contribution in [-0.2, 0) is 16.6 Å². The van der Waals surface area contributed by atoms with E-state index in [0.29, 0.717) is 30.8 Å². The van der Waals surface area contributed by atoms with Crippen molar-refractivity contribution in [3.63, 3.8) is 0 Å². The highest BCUT2D eigenvalue weighted by Crippen LogP contribution is 2.39. The summed E-state index contributed by atoms with van der Waals surface area (Å²) in [5.41, 5.74) is 1.30. The second-order valence-corrected chi connectivity index (χ2v) is 8.72. The van der Waals surface area contributed by atoms with E-state index in [-0.39, 0.29) is 23.5 Å². The fraction of sp³-hybridized carbons (Fsp3) is 0.583. The normalized spacial score (nSPS) is 27.5. The molecule has 31 heavy (non-hydrogen) atoms. The van der Waals surface area contributed by atoms with E-state index < -0.39 is 0 Å². The number of carbonyl (C=O) groups excluding carboxylic acids is 1. The standard InChI is InChI=1S/C24H33N3O4/c1-2-19-16-20(26-31-19)23(29)25-17-24(18-6-4-3-5-7-18)10-8-21(22(28)9-11-24)27-12-14-30-15-13-27/h3-7,16,21-22,28H,2,8-15,17H2,1H3,(H,25,29)/t21-,22-,24-/m1/s1. The van der Waals surface area contributed by atoms with E-state index in [1.54, 1.807) is 6.07 Å². The van der Waals surface area contributed by atoms with E-state index in [2.05, 4.69) is 27.5 Å². The third-order valence-electron chi connectivity index (χ3n) is 6.91. The first-order valence-corrected chi connectivity index (χ1v) is 11.4. The summed E-state index contributed by atoms with van der Waals surface area (Å²) in [6.45, 7) is 5.65. The van der Waals surface area contributed by atoms with E-state index in [1.165, 1.54) is 5.56 Å². The molecule has 4 rings (SSSR count). The minimum Gasteiger partial charge on any atom is -0.391 e. The lowest BCUT2D eigenvalue weighted by Gasteiger charge is -2.37. The zero-order valence-corrected chi connectivity index (χ0v) is 18.3. The van der Waals surface area contributed by atoms with Gasteiger partial charge in [-0.2, -0.15) is 0 Å². The van der Waals surface area contributed by atoms with E-state index in [9.17, 15) is 9.90 Å². The Labute approximate surface area is 183 Å². The van der Waals surface area contributed by atoms with Crippen molar-refractivity contribution < 1.29 is 19.2 Å². The van der Waals surface area contributed by atoms with Crippen molar-refractivity contribution in [3.05, 3.63) is 53.4 Å². The Bertz CT molecular complexity index is 850. The molecular formula is C24H33N3O4.